The SMILES string of the molecule is O=C(CC1CCCCC1)Nc1cccnc1SCCSc1ccccc1. The van der Waals surface area contributed by atoms with E-state index in [4.69, 9.17) is 0 Å². The van der Waals surface area contributed by atoms with Crippen LogP contribution in [-0.2, 0) is 4.79 Å². The standard InChI is InChI=1S/C21H26N2OS2/c24-20(16-17-8-3-1-4-9-17)23-19-12-7-13-22-21(19)26-15-14-25-18-10-5-2-6-11-18/h2,5-7,10-13,17H,1,3-4,8-9,14-16H2,(H,23,24). The highest BCUT2D eigenvalue weighted by Crippen LogP contribution is 2.29. The number of aromatic nitrogens is 1. The number of nitrogens with zero attached hydrogens (tertiary/aromatic N) is 1. The maximum absolute atomic E-state index is 12.4. The zero-order valence-electron chi connectivity index (χ0n) is 15.0. The van der Waals surface area contributed by atoms with E-state index in [1.54, 1.807) is 18.0 Å². The van der Waals surface area contributed by atoms with Gasteiger partial charge in [0.05, 0.1) is 5.69 Å². The molecule has 26 heavy (non-hydrogen) atoms. The van der Waals surface area contributed by atoms with E-state index in [1.807, 2.05) is 30.0 Å². The zero-order valence-corrected chi connectivity index (χ0v) is 16.7. The van der Waals surface area contributed by atoms with Crippen LogP contribution in [0.4, 0.5) is 5.69 Å². The van der Waals surface area contributed by atoms with E-state index >= 15 is 0 Å². The van der Waals surface area contributed by atoms with Crippen LogP contribution in [0.5, 0.6) is 0 Å². The van der Waals surface area contributed by atoms with Crippen LogP contribution in [-0.4, -0.2) is 22.4 Å². The zero-order chi connectivity index (χ0) is 18.0. The first-order chi connectivity index (χ1) is 12.8. The fraction of sp³-hybridized carbons (Fsp3) is 0.429. The lowest BCUT2D eigenvalue weighted by Crippen LogP contribution is -2.18. The van der Waals surface area contributed by atoms with Crippen molar-refractivity contribution >= 4 is 35.1 Å². The molecule has 1 aliphatic carbocycles. The summed E-state index contributed by atoms with van der Waals surface area (Å²) in [6, 6.07) is 14.3. The van der Waals surface area contributed by atoms with Gasteiger partial charge in [-0.25, -0.2) is 4.98 Å². The molecule has 0 atom stereocenters. The number of nitrogens with one attached hydrogen (secondary N) is 1. The summed E-state index contributed by atoms with van der Waals surface area (Å²) in [6.45, 7) is 0. The first-order valence-corrected chi connectivity index (χ1v) is 11.3. The van der Waals surface area contributed by atoms with E-state index in [0.717, 1.165) is 22.2 Å². The molecule has 2 aromatic rings. The number of amides is 1. The second kappa shape index (κ2) is 10.6. The van der Waals surface area contributed by atoms with Gasteiger partial charge in [0.25, 0.3) is 0 Å². The molecule has 0 radical (unpaired) electrons. The summed E-state index contributed by atoms with van der Waals surface area (Å²) in [5.74, 6) is 2.66. The van der Waals surface area contributed by atoms with Gasteiger partial charge >= 0.3 is 0 Å². The average molecular weight is 387 g/mol. The van der Waals surface area contributed by atoms with Gasteiger partial charge in [0.2, 0.25) is 5.91 Å². The maximum atomic E-state index is 12.4. The smallest absolute Gasteiger partial charge is 0.224 e. The van der Waals surface area contributed by atoms with E-state index in [2.05, 4.69) is 34.6 Å². The van der Waals surface area contributed by atoms with Crippen molar-refractivity contribution in [1.82, 2.24) is 4.98 Å². The van der Waals surface area contributed by atoms with Crippen molar-refractivity contribution in [2.75, 3.05) is 16.8 Å². The van der Waals surface area contributed by atoms with Gasteiger partial charge in [0, 0.05) is 29.0 Å². The second-order valence-electron chi connectivity index (χ2n) is 6.62. The third-order valence-electron chi connectivity index (χ3n) is 4.58. The van der Waals surface area contributed by atoms with E-state index in [1.165, 1.54) is 37.0 Å². The molecule has 3 rings (SSSR count). The van der Waals surface area contributed by atoms with Crippen molar-refractivity contribution in [3.05, 3.63) is 48.7 Å². The molecule has 1 aromatic heterocycles. The van der Waals surface area contributed by atoms with E-state index in [0.29, 0.717) is 12.3 Å². The Labute approximate surface area is 164 Å². The summed E-state index contributed by atoms with van der Waals surface area (Å²) in [5.41, 5.74) is 0.850. The van der Waals surface area contributed by atoms with Crippen LogP contribution >= 0.6 is 23.5 Å². The Kier molecular flexibility index (Phi) is 7.89. The molecule has 1 amide bonds. The van der Waals surface area contributed by atoms with Gasteiger partial charge in [-0.1, -0.05) is 37.5 Å². The van der Waals surface area contributed by atoms with Crippen LogP contribution in [0.1, 0.15) is 38.5 Å². The molecule has 138 valence electrons. The van der Waals surface area contributed by atoms with Crippen LogP contribution < -0.4 is 5.32 Å². The third-order valence-corrected chi connectivity index (χ3v) is 6.86. The van der Waals surface area contributed by atoms with Crippen LogP contribution in [0.2, 0.25) is 0 Å². The van der Waals surface area contributed by atoms with Crippen LogP contribution in [0.15, 0.2) is 58.6 Å². The first-order valence-electron chi connectivity index (χ1n) is 9.37. The number of carbonyl (C=O) groups is 1. The lowest BCUT2D eigenvalue weighted by atomic mass is 9.87. The lowest BCUT2D eigenvalue weighted by Gasteiger charge is -2.21. The fourth-order valence-electron chi connectivity index (χ4n) is 3.27. The lowest BCUT2D eigenvalue weighted by molar-refractivity contribution is -0.117. The Morgan fingerprint density at radius 1 is 1.00 bits per heavy atom. The second-order valence-corrected chi connectivity index (χ2v) is 8.87. The minimum Gasteiger partial charge on any atom is -0.324 e. The molecule has 1 aliphatic rings. The Balaban J connectivity index is 1.46. The van der Waals surface area contributed by atoms with Crippen LogP contribution in [0.3, 0.4) is 0 Å². The van der Waals surface area contributed by atoms with Gasteiger partial charge in [0.15, 0.2) is 0 Å². The maximum Gasteiger partial charge on any atom is 0.224 e. The van der Waals surface area contributed by atoms with Gasteiger partial charge in [0.1, 0.15) is 5.03 Å². The van der Waals surface area contributed by atoms with Crippen LogP contribution in [0.25, 0.3) is 0 Å². The molecule has 3 nitrogen and oxygen atoms in total. The van der Waals surface area contributed by atoms with Crippen molar-refractivity contribution in [3.8, 4) is 0 Å². The van der Waals surface area contributed by atoms with Gasteiger partial charge in [-0.2, -0.15) is 0 Å². The summed E-state index contributed by atoms with van der Waals surface area (Å²) in [6.07, 6.45) is 8.68. The number of rotatable bonds is 8. The highest BCUT2D eigenvalue weighted by Gasteiger charge is 2.18. The minimum absolute atomic E-state index is 0.130. The highest BCUT2D eigenvalue weighted by atomic mass is 32.2. The molecule has 5 heteroatoms. The Morgan fingerprint density at radius 2 is 1.77 bits per heavy atom. The normalized spacial score (nSPS) is 14.9. The Bertz CT molecular complexity index is 687. The Morgan fingerprint density at radius 3 is 2.58 bits per heavy atom. The van der Waals surface area contributed by atoms with Crippen LogP contribution in [0, 0.1) is 5.92 Å². The van der Waals surface area contributed by atoms with Crippen molar-refractivity contribution in [3.63, 3.8) is 0 Å². The summed E-state index contributed by atoms with van der Waals surface area (Å²) in [4.78, 5) is 18.1. The van der Waals surface area contributed by atoms with E-state index in [-0.39, 0.29) is 5.91 Å². The number of hydrogen-bond donors (Lipinski definition) is 1. The molecule has 0 spiro atoms. The van der Waals surface area contributed by atoms with Gasteiger partial charge in [-0.15, -0.1) is 23.5 Å². The molecule has 0 aliphatic heterocycles. The molecule has 0 unspecified atom stereocenters. The van der Waals surface area contributed by atoms with E-state index in [9.17, 15) is 4.79 Å². The number of hydrogen-bond acceptors (Lipinski definition) is 4. The molecule has 1 heterocycles. The highest BCUT2D eigenvalue weighted by molar-refractivity contribution is 8.03. The number of pyridine rings is 1. The molecular weight excluding hydrogens is 360 g/mol. The van der Waals surface area contributed by atoms with Crippen molar-refractivity contribution in [1.29, 1.82) is 0 Å². The molecular formula is C21H26N2OS2. The minimum atomic E-state index is 0.130. The molecule has 1 fully saturated rings. The quantitative estimate of drug-likeness (QED) is 0.455. The number of benzene rings is 1. The molecule has 1 saturated carbocycles. The molecule has 0 saturated heterocycles. The third kappa shape index (κ3) is 6.36. The monoisotopic (exact) mass is 386 g/mol. The summed E-state index contributed by atoms with van der Waals surface area (Å²) in [7, 11) is 0. The number of carbonyl (C=O) groups excluding carboxylic acids is 1. The van der Waals surface area contributed by atoms with Crippen molar-refractivity contribution in [2.24, 2.45) is 5.92 Å². The summed E-state index contributed by atoms with van der Waals surface area (Å²) < 4.78 is 0. The van der Waals surface area contributed by atoms with Gasteiger partial charge in [-0.3, -0.25) is 4.79 Å². The number of anilines is 1. The average Bonchev–Trinajstić information content (AvgIpc) is 2.68. The van der Waals surface area contributed by atoms with E-state index < -0.39 is 0 Å². The predicted molar refractivity (Wildman–Crippen MR) is 112 cm³/mol. The predicted octanol–water partition coefficient (Wildman–Crippen LogP) is 5.87. The molecule has 1 aromatic carbocycles. The molecule has 0 bridgehead atoms. The Hall–Kier alpha value is -1.46. The summed E-state index contributed by atoms with van der Waals surface area (Å²) >= 11 is 3.55. The largest absolute Gasteiger partial charge is 0.324 e. The fourth-order valence-corrected chi connectivity index (χ4v) is 5.13. The number of thioether (sulfide) groups is 2. The van der Waals surface area contributed by atoms with Crippen molar-refractivity contribution in [2.45, 2.75) is 48.4 Å². The molecule has 1 N–H and O–H groups in total. The topological polar surface area (TPSA) is 42.0 Å². The first kappa shape index (κ1) is 19.3. The van der Waals surface area contributed by atoms with Crippen molar-refractivity contribution < 1.29 is 4.79 Å². The van der Waals surface area contributed by atoms with Gasteiger partial charge < -0.3 is 5.32 Å². The summed E-state index contributed by atoms with van der Waals surface area (Å²) in [5, 5.41) is 4.00. The van der Waals surface area contributed by atoms with Gasteiger partial charge in [-0.05, 0) is 43.0 Å².